The number of nitrogens with zero attached hydrogens (tertiary/aromatic N) is 4. The van der Waals surface area contributed by atoms with Gasteiger partial charge in [0, 0.05) is 43.0 Å². The molecule has 6 nitrogen and oxygen atoms in total. The van der Waals surface area contributed by atoms with Crippen LogP contribution in [0.15, 0.2) is 48.8 Å². The molecule has 0 saturated carbocycles. The van der Waals surface area contributed by atoms with Crippen molar-refractivity contribution in [3.63, 3.8) is 0 Å². The first-order valence-corrected chi connectivity index (χ1v) is 8.65. The van der Waals surface area contributed by atoms with Gasteiger partial charge in [-0.3, -0.25) is 4.79 Å². The molecule has 1 aromatic carbocycles. The highest BCUT2D eigenvalue weighted by Gasteiger charge is 2.25. The number of piperidine rings is 1. The molecule has 1 aliphatic rings. The molecule has 1 fully saturated rings. The van der Waals surface area contributed by atoms with E-state index in [9.17, 15) is 9.18 Å². The molecule has 134 valence electrons. The Bertz CT molecular complexity index is 919. The summed E-state index contributed by atoms with van der Waals surface area (Å²) in [5.74, 6) is 0.250. The lowest BCUT2D eigenvalue weighted by molar-refractivity contribution is -0.134. The van der Waals surface area contributed by atoms with Gasteiger partial charge in [0.15, 0.2) is 12.3 Å². The first-order chi connectivity index (χ1) is 12.7. The quantitative estimate of drug-likeness (QED) is 0.723. The summed E-state index contributed by atoms with van der Waals surface area (Å²) in [6, 6.07) is 9.69. The van der Waals surface area contributed by atoms with Crippen molar-refractivity contribution < 1.29 is 13.9 Å². The summed E-state index contributed by atoms with van der Waals surface area (Å²) in [4.78, 5) is 18.8. The average Bonchev–Trinajstić information content (AvgIpc) is 3.14. The summed E-state index contributed by atoms with van der Waals surface area (Å²) in [6.45, 7) is 1.26. The highest BCUT2D eigenvalue weighted by Crippen LogP contribution is 2.27. The lowest BCUT2D eigenvalue weighted by Gasteiger charge is -2.31. The maximum absolute atomic E-state index is 13.1. The van der Waals surface area contributed by atoms with Gasteiger partial charge in [0.25, 0.3) is 5.91 Å². The SMILES string of the molecule is O=C(COc1cccc(F)c1)N1CCC(c2ccn3nccc3n2)CC1. The van der Waals surface area contributed by atoms with Gasteiger partial charge in [-0.15, -0.1) is 0 Å². The van der Waals surface area contributed by atoms with Crippen LogP contribution in [0.3, 0.4) is 0 Å². The first kappa shape index (κ1) is 16.5. The van der Waals surface area contributed by atoms with Crippen LogP contribution in [-0.4, -0.2) is 45.1 Å². The van der Waals surface area contributed by atoms with E-state index in [1.54, 1.807) is 27.7 Å². The van der Waals surface area contributed by atoms with E-state index in [2.05, 4.69) is 10.1 Å². The third-order valence-corrected chi connectivity index (χ3v) is 4.70. The Morgan fingerprint density at radius 1 is 1.23 bits per heavy atom. The second-order valence-electron chi connectivity index (χ2n) is 6.39. The summed E-state index contributed by atoms with van der Waals surface area (Å²) in [5, 5.41) is 4.15. The lowest BCUT2D eigenvalue weighted by Crippen LogP contribution is -2.40. The number of hydrogen-bond acceptors (Lipinski definition) is 4. The second kappa shape index (κ2) is 7.11. The number of amides is 1. The van der Waals surface area contributed by atoms with Crippen molar-refractivity contribution >= 4 is 11.6 Å². The Morgan fingerprint density at radius 2 is 2.08 bits per heavy atom. The number of hydrogen-bond donors (Lipinski definition) is 0. The Kier molecular flexibility index (Phi) is 4.51. The fourth-order valence-electron chi connectivity index (χ4n) is 3.27. The lowest BCUT2D eigenvalue weighted by atomic mass is 9.93. The molecule has 0 spiro atoms. The predicted molar refractivity (Wildman–Crippen MR) is 93.4 cm³/mol. The highest BCUT2D eigenvalue weighted by molar-refractivity contribution is 5.77. The molecule has 0 N–H and O–H groups in total. The zero-order valence-electron chi connectivity index (χ0n) is 14.2. The third-order valence-electron chi connectivity index (χ3n) is 4.70. The topological polar surface area (TPSA) is 59.7 Å². The Labute approximate surface area is 150 Å². The molecule has 0 unspecified atom stereocenters. The molecule has 0 bridgehead atoms. The fraction of sp³-hybridized carbons (Fsp3) is 0.316. The standard InChI is InChI=1S/C19H19FN4O2/c20-15-2-1-3-16(12-15)26-13-19(25)23-9-5-14(6-10-23)17-7-11-24-18(22-17)4-8-21-24/h1-4,7-8,11-12,14H,5-6,9-10,13H2. The summed E-state index contributed by atoms with van der Waals surface area (Å²) in [5.41, 5.74) is 1.88. The molecule has 1 saturated heterocycles. The van der Waals surface area contributed by atoms with Crippen molar-refractivity contribution in [2.75, 3.05) is 19.7 Å². The van der Waals surface area contributed by atoms with Crippen molar-refractivity contribution in [1.82, 2.24) is 19.5 Å². The van der Waals surface area contributed by atoms with Gasteiger partial charge in [-0.25, -0.2) is 13.9 Å². The smallest absolute Gasteiger partial charge is 0.260 e. The molecule has 26 heavy (non-hydrogen) atoms. The monoisotopic (exact) mass is 354 g/mol. The molecular formula is C19H19FN4O2. The van der Waals surface area contributed by atoms with Gasteiger partial charge in [-0.05, 0) is 31.0 Å². The number of rotatable bonds is 4. The van der Waals surface area contributed by atoms with Crippen molar-refractivity contribution in [3.8, 4) is 5.75 Å². The summed E-state index contributed by atoms with van der Waals surface area (Å²) in [6.07, 6.45) is 5.38. The zero-order valence-corrected chi connectivity index (χ0v) is 14.2. The molecular weight excluding hydrogens is 335 g/mol. The number of fused-ring (bicyclic) bond motifs is 1. The molecule has 7 heteroatoms. The largest absolute Gasteiger partial charge is 0.484 e. The Hall–Kier alpha value is -2.96. The van der Waals surface area contributed by atoms with Gasteiger partial charge in [0.2, 0.25) is 0 Å². The molecule has 0 atom stereocenters. The number of aromatic nitrogens is 3. The zero-order chi connectivity index (χ0) is 17.9. The van der Waals surface area contributed by atoms with E-state index in [1.807, 2.05) is 18.3 Å². The van der Waals surface area contributed by atoms with Crippen molar-refractivity contribution in [1.29, 1.82) is 0 Å². The summed E-state index contributed by atoms with van der Waals surface area (Å²) < 4.78 is 20.3. The molecule has 2 aromatic heterocycles. The van der Waals surface area contributed by atoms with E-state index < -0.39 is 0 Å². The minimum atomic E-state index is -0.376. The number of likely N-dealkylation sites (tertiary alicyclic amines) is 1. The van der Waals surface area contributed by atoms with Crippen molar-refractivity contribution in [2.45, 2.75) is 18.8 Å². The van der Waals surface area contributed by atoms with E-state index in [0.29, 0.717) is 24.8 Å². The van der Waals surface area contributed by atoms with Crippen LogP contribution < -0.4 is 4.74 Å². The molecule has 0 radical (unpaired) electrons. The van der Waals surface area contributed by atoms with Crippen LogP contribution in [0.2, 0.25) is 0 Å². The highest BCUT2D eigenvalue weighted by atomic mass is 19.1. The first-order valence-electron chi connectivity index (χ1n) is 8.65. The summed E-state index contributed by atoms with van der Waals surface area (Å²) >= 11 is 0. The molecule has 4 rings (SSSR count). The number of benzene rings is 1. The van der Waals surface area contributed by atoms with E-state index in [1.165, 1.54) is 12.1 Å². The number of halogens is 1. The van der Waals surface area contributed by atoms with Crippen LogP contribution in [0.5, 0.6) is 5.75 Å². The van der Waals surface area contributed by atoms with Gasteiger partial charge in [0.05, 0.1) is 6.20 Å². The minimum Gasteiger partial charge on any atom is -0.484 e. The van der Waals surface area contributed by atoms with Gasteiger partial charge in [-0.1, -0.05) is 6.07 Å². The number of carbonyl (C=O) groups excluding carboxylic acids is 1. The average molecular weight is 354 g/mol. The Morgan fingerprint density at radius 3 is 2.88 bits per heavy atom. The maximum atomic E-state index is 13.1. The van der Waals surface area contributed by atoms with Crippen LogP contribution >= 0.6 is 0 Å². The Balaban J connectivity index is 1.31. The van der Waals surface area contributed by atoms with E-state index >= 15 is 0 Å². The van der Waals surface area contributed by atoms with Crippen LogP contribution in [0, 0.1) is 5.82 Å². The van der Waals surface area contributed by atoms with Crippen LogP contribution in [0.4, 0.5) is 4.39 Å². The van der Waals surface area contributed by atoms with Gasteiger partial charge in [-0.2, -0.15) is 5.10 Å². The molecule has 3 aromatic rings. The molecule has 1 amide bonds. The van der Waals surface area contributed by atoms with Gasteiger partial charge >= 0.3 is 0 Å². The van der Waals surface area contributed by atoms with E-state index in [0.717, 1.165) is 24.2 Å². The normalized spacial score (nSPS) is 15.3. The van der Waals surface area contributed by atoms with Gasteiger partial charge < -0.3 is 9.64 Å². The molecule has 3 heterocycles. The van der Waals surface area contributed by atoms with E-state index in [4.69, 9.17) is 4.74 Å². The maximum Gasteiger partial charge on any atom is 0.260 e. The van der Waals surface area contributed by atoms with Crippen LogP contribution in [0.25, 0.3) is 5.65 Å². The van der Waals surface area contributed by atoms with Crippen molar-refractivity contribution in [2.24, 2.45) is 0 Å². The van der Waals surface area contributed by atoms with Crippen LogP contribution in [0.1, 0.15) is 24.5 Å². The molecule has 0 aliphatic carbocycles. The molecule has 1 aliphatic heterocycles. The summed E-state index contributed by atoms with van der Waals surface area (Å²) in [7, 11) is 0. The second-order valence-corrected chi connectivity index (χ2v) is 6.39. The van der Waals surface area contributed by atoms with Crippen LogP contribution in [-0.2, 0) is 4.79 Å². The fourth-order valence-corrected chi connectivity index (χ4v) is 3.27. The number of ether oxygens (including phenoxy) is 1. The number of carbonyl (C=O) groups is 1. The van der Waals surface area contributed by atoms with Crippen molar-refractivity contribution in [3.05, 3.63) is 60.3 Å². The third kappa shape index (κ3) is 3.51. The van der Waals surface area contributed by atoms with E-state index in [-0.39, 0.29) is 18.3 Å². The van der Waals surface area contributed by atoms with Gasteiger partial charge in [0.1, 0.15) is 11.6 Å². The minimum absolute atomic E-state index is 0.0752. The predicted octanol–water partition coefficient (Wildman–Crippen LogP) is 2.65.